The Kier molecular flexibility index (Phi) is 3.27. The Morgan fingerprint density at radius 2 is 1.73 bits per heavy atom. The molecule has 0 atom stereocenters. The number of benzene rings is 1. The van der Waals surface area contributed by atoms with Crippen molar-refractivity contribution < 1.29 is 4.74 Å². The third-order valence-corrected chi connectivity index (χ3v) is 2.99. The SMILES string of the molecule is Cc1ccc(OC2CCN(C)CC2)cc1. The predicted molar refractivity (Wildman–Crippen MR) is 62.3 cm³/mol. The molecule has 82 valence electrons. The van der Waals surface area contributed by atoms with Crippen LogP contribution in [0, 0.1) is 6.92 Å². The van der Waals surface area contributed by atoms with E-state index in [0.29, 0.717) is 6.10 Å². The molecule has 0 aromatic heterocycles. The molecule has 2 rings (SSSR count). The summed E-state index contributed by atoms with van der Waals surface area (Å²) in [6.45, 7) is 4.40. The predicted octanol–water partition coefficient (Wildman–Crippen LogP) is 2.47. The average molecular weight is 205 g/mol. The first kappa shape index (κ1) is 10.5. The minimum absolute atomic E-state index is 0.406. The molecule has 0 spiro atoms. The van der Waals surface area contributed by atoms with Crippen LogP contribution in [-0.4, -0.2) is 31.1 Å². The first-order valence-electron chi connectivity index (χ1n) is 5.66. The molecule has 2 heteroatoms. The number of piperidine rings is 1. The van der Waals surface area contributed by atoms with Crippen molar-refractivity contribution in [1.29, 1.82) is 0 Å². The van der Waals surface area contributed by atoms with Crippen LogP contribution in [0.5, 0.6) is 5.75 Å². The summed E-state index contributed by atoms with van der Waals surface area (Å²) in [7, 11) is 2.17. The molecule has 0 saturated carbocycles. The molecule has 2 nitrogen and oxygen atoms in total. The summed E-state index contributed by atoms with van der Waals surface area (Å²) in [5.74, 6) is 1.01. The van der Waals surface area contributed by atoms with Crippen molar-refractivity contribution in [2.75, 3.05) is 20.1 Å². The molecule has 0 radical (unpaired) electrons. The van der Waals surface area contributed by atoms with Gasteiger partial charge in [-0.1, -0.05) is 17.7 Å². The van der Waals surface area contributed by atoms with Crippen LogP contribution in [0.4, 0.5) is 0 Å². The normalized spacial score (nSPS) is 19.1. The van der Waals surface area contributed by atoms with E-state index in [-0.39, 0.29) is 0 Å². The van der Waals surface area contributed by atoms with E-state index < -0.39 is 0 Å². The molecule has 15 heavy (non-hydrogen) atoms. The van der Waals surface area contributed by atoms with E-state index in [1.165, 1.54) is 5.56 Å². The summed E-state index contributed by atoms with van der Waals surface area (Å²) in [4.78, 5) is 2.36. The van der Waals surface area contributed by atoms with Gasteiger partial charge in [0.05, 0.1) is 0 Å². The maximum Gasteiger partial charge on any atom is 0.119 e. The van der Waals surface area contributed by atoms with E-state index in [0.717, 1.165) is 31.7 Å². The lowest BCUT2D eigenvalue weighted by Crippen LogP contribution is -2.35. The quantitative estimate of drug-likeness (QED) is 0.735. The Morgan fingerprint density at radius 1 is 1.13 bits per heavy atom. The van der Waals surface area contributed by atoms with Crippen molar-refractivity contribution in [1.82, 2.24) is 4.90 Å². The van der Waals surface area contributed by atoms with Gasteiger partial charge < -0.3 is 9.64 Å². The number of rotatable bonds is 2. The zero-order valence-electron chi connectivity index (χ0n) is 9.57. The van der Waals surface area contributed by atoms with Crippen molar-refractivity contribution in [2.45, 2.75) is 25.9 Å². The summed E-state index contributed by atoms with van der Waals surface area (Å²) in [6.07, 6.45) is 2.69. The Balaban J connectivity index is 1.89. The molecule has 1 saturated heterocycles. The molecule has 0 aliphatic carbocycles. The van der Waals surface area contributed by atoms with Crippen LogP contribution < -0.4 is 4.74 Å². The Bertz CT molecular complexity index is 299. The number of aryl methyl sites for hydroxylation is 1. The molecule has 0 bridgehead atoms. The molecule has 1 aliphatic heterocycles. The first-order valence-corrected chi connectivity index (χ1v) is 5.66. The third-order valence-electron chi connectivity index (χ3n) is 2.99. The Hall–Kier alpha value is -1.02. The van der Waals surface area contributed by atoms with E-state index in [2.05, 4.69) is 43.1 Å². The fraction of sp³-hybridized carbons (Fsp3) is 0.538. The molecular weight excluding hydrogens is 186 g/mol. The number of hydrogen-bond donors (Lipinski definition) is 0. The third kappa shape index (κ3) is 2.96. The van der Waals surface area contributed by atoms with Crippen LogP contribution in [0.15, 0.2) is 24.3 Å². The maximum atomic E-state index is 5.93. The molecule has 1 aliphatic rings. The van der Waals surface area contributed by atoms with Crippen LogP contribution in [-0.2, 0) is 0 Å². The van der Waals surface area contributed by atoms with Crippen LogP contribution >= 0.6 is 0 Å². The lowest BCUT2D eigenvalue weighted by molar-refractivity contribution is 0.114. The van der Waals surface area contributed by atoms with Gasteiger partial charge in [0, 0.05) is 13.1 Å². The summed E-state index contributed by atoms with van der Waals surface area (Å²) in [5, 5.41) is 0. The molecule has 1 aromatic rings. The second-order valence-corrected chi connectivity index (χ2v) is 4.43. The summed E-state index contributed by atoms with van der Waals surface area (Å²) in [6, 6.07) is 8.33. The number of nitrogens with zero attached hydrogens (tertiary/aromatic N) is 1. The van der Waals surface area contributed by atoms with Crippen molar-refractivity contribution in [2.24, 2.45) is 0 Å². The molecule has 1 fully saturated rings. The second-order valence-electron chi connectivity index (χ2n) is 4.43. The highest BCUT2D eigenvalue weighted by Gasteiger charge is 2.17. The molecule has 1 aromatic carbocycles. The number of likely N-dealkylation sites (tertiary alicyclic amines) is 1. The van der Waals surface area contributed by atoms with Crippen molar-refractivity contribution in [3.8, 4) is 5.75 Å². The van der Waals surface area contributed by atoms with Crippen molar-refractivity contribution >= 4 is 0 Å². The van der Waals surface area contributed by atoms with E-state index >= 15 is 0 Å². The van der Waals surface area contributed by atoms with Crippen LogP contribution in [0.1, 0.15) is 18.4 Å². The summed E-state index contributed by atoms with van der Waals surface area (Å²) in [5.41, 5.74) is 1.28. The molecule has 0 unspecified atom stereocenters. The maximum absolute atomic E-state index is 5.93. The highest BCUT2D eigenvalue weighted by Crippen LogP contribution is 2.18. The zero-order valence-corrected chi connectivity index (χ0v) is 9.57. The van der Waals surface area contributed by atoms with Gasteiger partial charge in [0.1, 0.15) is 11.9 Å². The number of ether oxygens (including phenoxy) is 1. The minimum atomic E-state index is 0.406. The van der Waals surface area contributed by atoms with Gasteiger partial charge in [-0.05, 0) is 38.9 Å². The van der Waals surface area contributed by atoms with Gasteiger partial charge in [0.15, 0.2) is 0 Å². The first-order chi connectivity index (χ1) is 7.24. The fourth-order valence-corrected chi connectivity index (χ4v) is 1.91. The van der Waals surface area contributed by atoms with Gasteiger partial charge in [-0.3, -0.25) is 0 Å². The van der Waals surface area contributed by atoms with E-state index in [1.807, 2.05) is 0 Å². The average Bonchev–Trinajstić information content (AvgIpc) is 2.25. The topological polar surface area (TPSA) is 12.5 Å². The summed E-state index contributed by atoms with van der Waals surface area (Å²) < 4.78 is 5.93. The zero-order chi connectivity index (χ0) is 10.7. The van der Waals surface area contributed by atoms with Crippen LogP contribution in [0.3, 0.4) is 0 Å². The van der Waals surface area contributed by atoms with Crippen molar-refractivity contribution in [3.05, 3.63) is 29.8 Å². The van der Waals surface area contributed by atoms with Gasteiger partial charge >= 0.3 is 0 Å². The monoisotopic (exact) mass is 205 g/mol. The van der Waals surface area contributed by atoms with Gasteiger partial charge in [-0.25, -0.2) is 0 Å². The minimum Gasteiger partial charge on any atom is -0.490 e. The second kappa shape index (κ2) is 4.67. The van der Waals surface area contributed by atoms with E-state index in [9.17, 15) is 0 Å². The smallest absolute Gasteiger partial charge is 0.119 e. The molecule has 0 N–H and O–H groups in total. The standard InChI is InChI=1S/C13H19NO/c1-11-3-5-12(6-4-11)15-13-7-9-14(2)10-8-13/h3-6,13H,7-10H2,1-2H3. The van der Waals surface area contributed by atoms with Gasteiger partial charge in [0.25, 0.3) is 0 Å². The van der Waals surface area contributed by atoms with Crippen LogP contribution in [0.2, 0.25) is 0 Å². The van der Waals surface area contributed by atoms with E-state index in [4.69, 9.17) is 4.74 Å². The van der Waals surface area contributed by atoms with Gasteiger partial charge in [-0.2, -0.15) is 0 Å². The fourth-order valence-electron chi connectivity index (χ4n) is 1.91. The van der Waals surface area contributed by atoms with Crippen molar-refractivity contribution in [3.63, 3.8) is 0 Å². The Morgan fingerprint density at radius 3 is 2.33 bits per heavy atom. The molecular formula is C13H19NO. The lowest BCUT2D eigenvalue weighted by atomic mass is 10.1. The largest absolute Gasteiger partial charge is 0.490 e. The highest BCUT2D eigenvalue weighted by molar-refractivity contribution is 5.26. The van der Waals surface area contributed by atoms with Crippen LogP contribution in [0.25, 0.3) is 0 Å². The van der Waals surface area contributed by atoms with Gasteiger partial charge in [-0.15, -0.1) is 0 Å². The Labute approximate surface area is 91.9 Å². The summed E-state index contributed by atoms with van der Waals surface area (Å²) >= 11 is 0. The van der Waals surface area contributed by atoms with Gasteiger partial charge in [0.2, 0.25) is 0 Å². The highest BCUT2D eigenvalue weighted by atomic mass is 16.5. The molecule has 1 heterocycles. The lowest BCUT2D eigenvalue weighted by Gasteiger charge is -2.29. The van der Waals surface area contributed by atoms with E-state index in [1.54, 1.807) is 0 Å². The number of hydrogen-bond acceptors (Lipinski definition) is 2. The molecule has 0 amide bonds.